The molecule has 2 aromatic carbocycles. The van der Waals surface area contributed by atoms with Gasteiger partial charge >= 0.3 is 0 Å². The number of benzene rings is 2. The molecule has 0 heterocycles. The number of ether oxygens (including phenoxy) is 1. The highest BCUT2D eigenvalue weighted by Crippen LogP contribution is 2.32. The molecule has 2 aromatic rings. The molecule has 0 radical (unpaired) electrons. The summed E-state index contributed by atoms with van der Waals surface area (Å²) in [4.78, 5) is 0. The molecular formula is C26H34O. The Morgan fingerprint density at radius 1 is 0.889 bits per heavy atom. The lowest BCUT2D eigenvalue weighted by molar-refractivity contribution is 0.121. The van der Waals surface area contributed by atoms with E-state index in [4.69, 9.17) is 4.74 Å². The third-order valence-corrected chi connectivity index (χ3v) is 5.92. The summed E-state index contributed by atoms with van der Waals surface area (Å²) in [5, 5.41) is 0. The summed E-state index contributed by atoms with van der Waals surface area (Å²) in [7, 11) is 0. The molecule has 1 heteroatoms. The van der Waals surface area contributed by atoms with Gasteiger partial charge < -0.3 is 4.74 Å². The normalized spacial score (nSPS) is 19.7. The molecule has 27 heavy (non-hydrogen) atoms. The molecule has 1 aliphatic carbocycles. The van der Waals surface area contributed by atoms with Crippen molar-refractivity contribution in [3.63, 3.8) is 0 Å². The molecule has 0 aliphatic heterocycles. The summed E-state index contributed by atoms with van der Waals surface area (Å²) in [5.41, 5.74) is 5.29. The quantitative estimate of drug-likeness (QED) is 0.338. The third-order valence-electron chi connectivity index (χ3n) is 5.92. The SMILES string of the molecule is C=CC1CCC(CCc2ccc(-c3ccc(COCCC)cc3)cc2)CC1. The second-order valence-electron chi connectivity index (χ2n) is 8.00. The molecule has 1 fully saturated rings. The summed E-state index contributed by atoms with van der Waals surface area (Å²) in [5.74, 6) is 1.67. The fourth-order valence-corrected chi connectivity index (χ4v) is 4.08. The van der Waals surface area contributed by atoms with Crippen LogP contribution in [0.4, 0.5) is 0 Å². The Bertz CT molecular complexity index is 675. The highest BCUT2D eigenvalue weighted by atomic mass is 16.5. The van der Waals surface area contributed by atoms with Crippen LogP contribution in [0.2, 0.25) is 0 Å². The minimum absolute atomic E-state index is 0.710. The van der Waals surface area contributed by atoms with E-state index in [1.165, 1.54) is 60.8 Å². The molecule has 3 rings (SSSR count). The van der Waals surface area contributed by atoms with Crippen LogP contribution in [0, 0.1) is 11.8 Å². The van der Waals surface area contributed by atoms with Crippen molar-refractivity contribution in [3.05, 3.63) is 72.3 Å². The average molecular weight is 363 g/mol. The van der Waals surface area contributed by atoms with Gasteiger partial charge in [-0.05, 0) is 79.0 Å². The van der Waals surface area contributed by atoms with Gasteiger partial charge in [-0.25, -0.2) is 0 Å². The maximum absolute atomic E-state index is 5.61. The zero-order valence-electron chi connectivity index (χ0n) is 16.8. The van der Waals surface area contributed by atoms with Crippen molar-refractivity contribution in [2.75, 3.05) is 6.61 Å². The molecule has 0 unspecified atom stereocenters. The van der Waals surface area contributed by atoms with E-state index in [2.05, 4.69) is 68.1 Å². The zero-order valence-corrected chi connectivity index (χ0v) is 16.8. The van der Waals surface area contributed by atoms with Gasteiger partial charge in [0.15, 0.2) is 0 Å². The van der Waals surface area contributed by atoms with Crippen molar-refractivity contribution in [2.45, 2.75) is 58.5 Å². The molecule has 0 bridgehead atoms. The Morgan fingerprint density at radius 3 is 2.04 bits per heavy atom. The highest BCUT2D eigenvalue weighted by molar-refractivity contribution is 5.63. The largest absolute Gasteiger partial charge is 0.377 e. The van der Waals surface area contributed by atoms with Crippen LogP contribution < -0.4 is 0 Å². The summed E-state index contributed by atoms with van der Waals surface area (Å²) in [6, 6.07) is 17.9. The first-order chi connectivity index (χ1) is 13.3. The van der Waals surface area contributed by atoms with Gasteiger partial charge in [-0.15, -0.1) is 6.58 Å². The van der Waals surface area contributed by atoms with E-state index >= 15 is 0 Å². The standard InChI is InChI=1S/C26H34O/c1-3-19-27-20-24-13-17-26(18-14-24)25-15-11-23(12-16-25)10-9-22-7-5-21(4-2)6-8-22/h4,11-18,21-22H,2-3,5-10,19-20H2,1H3. The number of hydrogen-bond acceptors (Lipinski definition) is 1. The zero-order chi connectivity index (χ0) is 18.9. The molecular weight excluding hydrogens is 328 g/mol. The maximum Gasteiger partial charge on any atom is 0.0716 e. The van der Waals surface area contributed by atoms with Gasteiger partial charge in [-0.1, -0.05) is 61.5 Å². The molecule has 0 N–H and O–H groups in total. The molecule has 1 saturated carbocycles. The predicted molar refractivity (Wildman–Crippen MR) is 116 cm³/mol. The van der Waals surface area contributed by atoms with Crippen LogP contribution in [0.25, 0.3) is 11.1 Å². The molecule has 1 aliphatic rings. The van der Waals surface area contributed by atoms with Gasteiger partial charge in [0.2, 0.25) is 0 Å². The first-order valence-electron chi connectivity index (χ1n) is 10.7. The van der Waals surface area contributed by atoms with E-state index in [9.17, 15) is 0 Å². The Kier molecular flexibility index (Phi) is 7.71. The van der Waals surface area contributed by atoms with Gasteiger partial charge in [0.05, 0.1) is 6.61 Å². The first kappa shape index (κ1) is 19.9. The fraction of sp³-hybridized carbons (Fsp3) is 0.462. The van der Waals surface area contributed by atoms with Crippen molar-refractivity contribution in [1.29, 1.82) is 0 Å². The van der Waals surface area contributed by atoms with Crippen LogP contribution in [0.1, 0.15) is 56.6 Å². The lowest BCUT2D eigenvalue weighted by Gasteiger charge is -2.26. The van der Waals surface area contributed by atoms with E-state index in [1.54, 1.807) is 0 Å². The van der Waals surface area contributed by atoms with Gasteiger partial charge in [0.25, 0.3) is 0 Å². The lowest BCUT2D eigenvalue weighted by atomic mass is 9.79. The predicted octanol–water partition coefficient (Wildman–Crippen LogP) is 7.21. The summed E-state index contributed by atoms with van der Waals surface area (Å²) in [6.45, 7) is 7.63. The Morgan fingerprint density at radius 2 is 1.48 bits per heavy atom. The minimum Gasteiger partial charge on any atom is -0.377 e. The number of allylic oxidation sites excluding steroid dienone is 1. The van der Waals surface area contributed by atoms with Crippen LogP contribution in [-0.2, 0) is 17.8 Å². The average Bonchev–Trinajstić information content (AvgIpc) is 2.74. The van der Waals surface area contributed by atoms with Gasteiger partial charge in [0, 0.05) is 6.61 Å². The van der Waals surface area contributed by atoms with Gasteiger partial charge in [-0.3, -0.25) is 0 Å². The summed E-state index contributed by atoms with van der Waals surface area (Å²) >= 11 is 0. The van der Waals surface area contributed by atoms with Crippen molar-refractivity contribution in [1.82, 2.24) is 0 Å². The van der Waals surface area contributed by atoms with Crippen molar-refractivity contribution in [3.8, 4) is 11.1 Å². The van der Waals surface area contributed by atoms with Crippen LogP contribution in [0.15, 0.2) is 61.2 Å². The Hall–Kier alpha value is -1.86. The highest BCUT2D eigenvalue weighted by Gasteiger charge is 2.18. The number of aryl methyl sites for hydroxylation is 1. The molecule has 0 aromatic heterocycles. The lowest BCUT2D eigenvalue weighted by Crippen LogP contribution is -2.13. The van der Waals surface area contributed by atoms with Gasteiger partial charge in [0.1, 0.15) is 0 Å². The van der Waals surface area contributed by atoms with Crippen molar-refractivity contribution >= 4 is 0 Å². The maximum atomic E-state index is 5.61. The van der Waals surface area contributed by atoms with Crippen LogP contribution in [0.5, 0.6) is 0 Å². The molecule has 0 atom stereocenters. The van der Waals surface area contributed by atoms with Crippen LogP contribution in [0.3, 0.4) is 0 Å². The molecule has 144 valence electrons. The third kappa shape index (κ3) is 6.07. The first-order valence-corrected chi connectivity index (χ1v) is 10.7. The van der Waals surface area contributed by atoms with Crippen molar-refractivity contribution < 1.29 is 4.74 Å². The van der Waals surface area contributed by atoms with E-state index in [1.807, 2.05) is 0 Å². The monoisotopic (exact) mass is 362 g/mol. The molecule has 0 amide bonds. The van der Waals surface area contributed by atoms with E-state index in [-0.39, 0.29) is 0 Å². The van der Waals surface area contributed by atoms with Crippen molar-refractivity contribution in [2.24, 2.45) is 11.8 Å². The Labute approximate surface area is 165 Å². The Balaban J connectivity index is 1.49. The van der Waals surface area contributed by atoms with Gasteiger partial charge in [-0.2, -0.15) is 0 Å². The molecule has 1 nitrogen and oxygen atoms in total. The number of hydrogen-bond donors (Lipinski definition) is 0. The van der Waals surface area contributed by atoms with E-state index < -0.39 is 0 Å². The molecule has 0 spiro atoms. The fourth-order valence-electron chi connectivity index (χ4n) is 4.08. The topological polar surface area (TPSA) is 9.23 Å². The van der Waals surface area contributed by atoms with E-state index in [0.29, 0.717) is 6.61 Å². The number of rotatable bonds is 9. The smallest absolute Gasteiger partial charge is 0.0716 e. The van der Waals surface area contributed by atoms with E-state index in [0.717, 1.165) is 24.9 Å². The molecule has 0 saturated heterocycles. The summed E-state index contributed by atoms with van der Waals surface area (Å²) in [6.07, 6.45) is 11.2. The second kappa shape index (κ2) is 10.5. The van der Waals surface area contributed by atoms with Crippen LogP contribution >= 0.6 is 0 Å². The second-order valence-corrected chi connectivity index (χ2v) is 8.00. The summed E-state index contributed by atoms with van der Waals surface area (Å²) < 4.78 is 5.61. The van der Waals surface area contributed by atoms with Crippen LogP contribution in [-0.4, -0.2) is 6.61 Å². The minimum atomic E-state index is 0.710.